The first-order valence-corrected chi connectivity index (χ1v) is 7.43. The highest BCUT2D eigenvalue weighted by Crippen LogP contribution is 2.27. The van der Waals surface area contributed by atoms with Crippen molar-refractivity contribution in [3.63, 3.8) is 0 Å². The van der Waals surface area contributed by atoms with Crippen molar-refractivity contribution in [1.29, 1.82) is 0 Å². The quantitative estimate of drug-likeness (QED) is 0.675. The van der Waals surface area contributed by atoms with Crippen molar-refractivity contribution in [2.24, 2.45) is 0 Å². The molecule has 24 heavy (non-hydrogen) atoms. The summed E-state index contributed by atoms with van der Waals surface area (Å²) in [4.78, 5) is 10.5. The lowest BCUT2D eigenvalue weighted by Crippen LogP contribution is -3.00. The van der Waals surface area contributed by atoms with Crippen LogP contribution in [0.3, 0.4) is 0 Å². The van der Waals surface area contributed by atoms with Gasteiger partial charge in [0, 0.05) is 12.1 Å². The minimum atomic E-state index is -0.807. The third-order valence-electron chi connectivity index (χ3n) is 3.25. The lowest BCUT2D eigenvalue weighted by molar-refractivity contribution is -0.696. The third-order valence-corrected chi connectivity index (χ3v) is 3.25. The maximum absolute atomic E-state index is 10.5. The van der Waals surface area contributed by atoms with Gasteiger partial charge in [0.05, 0.1) is 6.61 Å². The summed E-state index contributed by atoms with van der Waals surface area (Å²) in [5.41, 5.74) is 1.93. The van der Waals surface area contributed by atoms with E-state index in [0.29, 0.717) is 18.9 Å². The van der Waals surface area contributed by atoms with E-state index in [0.717, 1.165) is 11.1 Å². The van der Waals surface area contributed by atoms with Crippen LogP contribution in [0, 0.1) is 0 Å². The van der Waals surface area contributed by atoms with E-state index in [-0.39, 0.29) is 24.6 Å². The first-order valence-electron chi connectivity index (χ1n) is 7.43. The Morgan fingerprint density at radius 2 is 1.83 bits per heavy atom. The van der Waals surface area contributed by atoms with Gasteiger partial charge in [-0.1, -0.05) is 18.2 Å². The average molecular weight is 350 g/mol. The zero-order chi connectivity index (χ0) is 16.7. The van der Waals surface area contributed by atoms with E-state index in [1.807, 2.05) is 54.2 Å². The van der Waals surface area contributed by atoms with E-state index < -0.39 is 5.97 Å². The topological polar surface area (TPSA) is 70.6 Å². The number of aromatic nitrogens is 1. The summed E-state index contributed by atoms with van der Waals surface area (Å²) in [6, 6.07) is 9.04. The second-order valence-electron chi connectivity index (χ2n) is 5.01. The van der Waals surface area contributed by atoms with Crippen molar-refractivity contribution in [2.75, 3.05) is 6.61 Å². The Bertz CT molecular complexity index is 699. The Balaban J connectivity index is 0.00000288. The molecule has 128 valence electrons. The number of carboxylic acid groups (broad SMARTS) is 1. The fourth-order valence-corrected chi connectivity index (χ4v) is 2.05. The number of benzene rings is 1. The third kappa shape index (κ3) is 5.93. The number of aromatic hydroxyl groups is 1. The molecule has 0 saturated heterocycles. The molecule has 0 bridgehead atoms. The van der Waals surface area contributed by atoms with Crippen molar-refractivity contribution in [3.8, 4) is 11.5 Å². The molecule has 1 aromatic heterocycles. The Hall–Kier alpha value is -2.53. The summed E-state index contributed by atoms with van der Waals surface area (Å²) in [7, 11) is 0. The molecule has 0 atom stereocenters. The van der Waals surface area contributed by atoms with Crippen LogP contribution >= 0.6 is 0 Å². The minimum Gasteiger partial charge on any atom is -1.00 e. The molecule has 2 aromatic rings. The van der Waals surface area contributed by atoms with Crippen LogP contribution in [-0.4, -0.2) is 22.8 Å². The molecule has 0 aliphatic rings. The highest BCUT2D eigenvalue weighted by molar-refractivity contribution is 5.70. The molecule has 1 heterocycles. The number of phenols is 1. The van der Waals surface area contributed by atoms with Crippen LogP contribution in [-0.2, 0) is 11.3 Å². The number of phenolic OH excluding ortho intramolecular Hbond substituents is 1. The zero-order valence-electron chi connectivity index (χ0n) is 13.4. The lowest BCUT2D eigenvalue weighted by Gasteiger charge is -2.06. The molecule has 5 nitrogen and oxygen atoms in total. The van der Waals surface area contributed by atoms with E-state index in [4.69, 9.17) is 9.84 Å². The van der Waals surface area contributed by atoms with Gasteiger partial charge in [0.2, 0.25) is 0 Å². The number of ether oxygens (including phenoxy) is 1. The molecule has 1 aromatic carbocycles. The summed E-state index contributed by atoms with van der Waals surface area (Å²) < 4.78 is 7.19. The predicted molar refractivity (Wildman–Crippen MR) is 87.1 cm³/mol. The number of halogens is 1. The maximum Gasteiger partial charge on any atom is 0.309 e. The number of aryl methyl sites for hydroxylation is 1. The molecule has 0 amide bonds. The molecular weight excluding hydrogens is 330 g/mol. The highest BCUT2D eigenvalue weighted by atomic mass is 35.5. The van der Waals surface area contributed by atoms with Gasteiger partial charge in [-0.15, -0.1) is 0 Å². The summed E-state index contributed by atoms with van der Waals surface area (Å²) in [5, 5.41) is 18.3. The van der Waals surface area contributed by atoms with E-state index in [2.05, 4.69) is 0 Å². The van der Waals surface area contributed by atoms with Gasteiger partial charge >= 0.3 is 5.97 Å². The number of hydrogen-bond donors (Lipinski definition) is 2. The van der Waals surface area contributed by atoms with E-state index >= 15 is 0 Å². The number of rotatable bonds is 7. The fourth-order valence-electron chi connectivity index (χ4n) is 2.05. The Morgan fingerprint density at radius 3 is 2.46 bits per heavy atom. The fraction of sp³-hybridized carbons (Fsp3) is 0.222. The number of carbonyl (C=O) groups is 1. The van der Waals surface area contributed by atoms with Gasteiger partial charge in [0.25, 0.3) is 0 Å². The standard InChI is InChI=1S/C18H19NO4.ClH/c1-2-23-17-13-15(5-6-16(17)20)4-3-14-7-10-19(11-8-14)12-9-18(21)22;/h3-8,10-11,13H,2,9,12H2,1H3,(H,21,22);1H. The van der Waals surface area contributed by atoms with Crippen LogP contribution in [0.25, 0.3) is 12.2 Å². The first-order chi connectivity index (χ1) is 11.1. The molecule has 2 N–H and O–H groups in total. The van der Waals surface area contributed by atoms with E-state index in [1.54, 1.807) is 12.1 Å². The molecule has 2 rings (SSSR count). The zero-order valence-corrected chi connectivity index (χ0v) is 14.1. The summed E-state index contributed by atoms with van der Waals surface area (Å²) >= 11 is 0. The van der Waals surface area contributed by atoms with Crippen LogP contribution in [0.5, 0.6) is 11.5 Å². The SMILES string of the molecule is CCOc1cc(/C=C\c2cc[n+](CCC(=O)O)cc2)ccc1O.[Cl-]. The monoisotopic (exact) mass is 349 g/mol. The number of pyridine rings is 1. The van der Waals surface area contributed by atoms with Gasteiger partial charge in [-0.25, -0.2) is 4.57 Å². The molecule has 0 fully saturated rings. The van der Waals surface area contributed by atoms with Gasteiger partial charge in [-0.2, -0.15) is 0 Å². The number of hydrogen-bond acceptors (Lipinski definition) is 3. The van der Waals surface area contributed by atoms with Crippen LogP contribution in [0.1, 0.15) is 24.5 Å². The van der Waals surface area contributed by atoms with Gasteiger partial charge in [-0.05, 0) is 30.2 Å². The average Bonchev–Trinajstić information content (AvgIpc) is 2.55. The van der Waals surface area contributed by atoms with Crippen molar-refractivity contribution in [1.82, 2.24) is 0 Å². The summed E-state index contributed by atoms with van der Waals surface area (Å²) in [6.45, 7) is 2.82. The molecule has 0 spiro atoms. The molecule has 0 radical (unpaired) electrons. The Morgan fingerprint density at radius 1 is 1.17 bits per heavy atom. The van der Waals surface area contributed by atoms with Crippen LogP contribution < -0.4 is 21.7 Å². The number of carboxylic acids is 1. The second kappa shape index (κ2) is 9.57. The van der Waals surface area contributed by atoms with E-state index in [1.165, 1.54) is 0 Å². The Labute approximate surface area is 147 Å². The van der Waals surface area contributed by atoms with Gasteiger partial charge in [0.15, 0.2) is 30.4 Å². The van der Waals surface area contributed by atoms with Gasteiger partial charge in [0.1, 0.15) is 6.42 Å². The summed E-state index contributed by atoms with van der Waals surface area (Å²) in [6.07, 6.45) is 7.69. The molecule has 0 aliphatic carbocycles. The first kappa shape index (κ1) is 19.5. The normalized spacial score (nSPS) is 10.4. The minimum absolute atomic E-state index is 0. The van der Waals surface area contributed by atoms with Crippen molar-refractivity contribution in [3.05, 3.63) is 53.9 Å². The maximum atomic E-state index is 10.5. The van der Waals surface area contributed by atoms with Crippen molar-refractivity contribution in [2.45, 2.75) is 19.9 Å². The molecular formula is C18H20ClNO4. The second-order valence-corrected chi connectivity index (χ2v) is 5.01. The van der Waals surface area contributed by atoms with Crippen molar-refractivity contribution >= 4 is 18.1 Å². The van der Waals surface area contributed by atoms with Crippen LogP contribution in [0.15, 0.2) is 42.7 Å². The highest BCUT2D eigenvalue weighted by Gasteiger charge is 2.04. The molecule has 6 heteroatoms. The predicted octanol–water partition coefficient (Wildman–Crippen LogP) is -0.272. The largest absolute Gasteiger partial charge is 1.00 e. The van der Waals surface area contributed by atoms with Crippen molar-refractivity contribution < 1.29 is 36.7 Å². The lowest BCUT2D eigenvalue weighted by atomic mass is 10.1. The molecule has 0 unspecified atom stereocenters. The number of nitrogens with zero attached hydrogens (tertiary/aromatic N) is 1. The van der Waals surface area contributed by atoms with Gasteiger partial charge < -0.3 is 27.4 Å². The van der Waals surface area contributed by atoms with Gasteiger partial charge in [-0.3, -0.25) is 4.79 Å². The van der Waals surface area contributed by atoms with Crippen LogP contribution in [0.2, 0.25) is 0 Å². The number of aliphatic carboxylic acids is 1. The summed E-state index contributed by atoms with van der Waals surface area (Å²) in [5.74, 6) is -0.212. The smallest absolute Gasteiger partial charge is 0.309 e. The molecule has 0 saturated carbocycles. The molecule has 0 aliphatic heterocycles. The van der Waals surface area contributed by atoms with E-state index in [9.17, 15) is 9.90 Å². The Kier molecular flexibility index (Phi) is 7.79. The van der Waals surface area contributed by atoms with Crippen LogP contribution in [0.4, 0.5) is 0 Å².